The fraction of sp³-hybridized carbons (Fsp3) is 0.619. The van der Waals surface area contributed by atoms with Crippen LogP contribution < -0.4 is 10.1 Å². The van der Waals surface area contributed by atoms with Crippen LogP contribution >= 0.6 is 0 Å². The van der Waals surface area contributed by atoms with Crippen LogP contribution in [0.25, 0.3) is 0 Å². The van der Waals surface area contributed by atoms with E-state index in [1.807, 2.05) is 0 Å². The lowest BCUT2D eigenvalue weighted by Crippen LogP contribution is -2.47. The van der Waals surface area contributed by atoms with Crippen molar-refractivity contribution in [2.75, 3.05) is 26.1 Å². The number of unbranched alkanes of at least 4 members (excludes halogenated alkanes) is 1. The maximum absolute atomic E-state index is 12.9. The van der Waals surface area contributed by atoms with Gasteiger partial charge in [-0.25, -0.2) is 4.79 Å². The van der Waals surface area contributed by atoms with Crippen LogP contribution in [0.5, 0.6) is 5.75 Å². The highest BCUT2D eigenvalue weighted by atomic mass is 16.5. The maximum atomic E-state index is 12.9. The monoisotopic (exact) mass is 377 g/mol. The van der Waals surface area contributed by atoms with Gasteiger partial charge in [0.2, 0.25) is 0 Å². The van der Waals surface area contributed by atoms with Gasteiger partial charge in [-0.05, 0) is 49.8 Å². The van der Waals surface area contributed by atoms with E-state index in [-0.39, 0.29) is 5.91 Å². The van der Waals surface area contributed by atoms with Gasteiger partial charge < -0.3 is 19.5 Å². The lowest BCUT2D eigenvalue weighted by atomic mass is 9.78. The number of ether oxygens (including phenoxy) is 3. The lowest BCUT2D eigenvalue weighted by Gasteiger charge is -2.37. The molecule has 1 aliphatic carbocycles. The Morgan fingerprint density at radius 2 is 2.07 bits per heavy atom. The number of methoxy groups -OCH3 is 2. The zero-order valence-corrected chi connectivity index (χ0v) is 16.8. The first kappa shape index (κ1) is 21.2. The summed E-state index contributed by atoms with van der Waals surface area (Å²) in [7, 11) is 2.91. The van der Waals surface area contributed by atoms with Gasteiger partial charge in [-0.1, -0.05) is 26.7 Å². The molecule has 0 saturated heterocycles. The van der Waals surface area contributed by atoms with Gasteiger partial charge in [0.1, 0.15) is 16.9 Å². The predicted molar refractivity (Wildman–Crippen MR) is 104 cm³/mol. The summed E-state index contributed by atoms with van der Waals surface area (Å²) in [6, 6.07) is 5.03. The van der Waals surface area contributed by atoms with E-state index < -0.39 is 11.6 Å². The molecule has 0 aliphatic heterocycles. The molecule has 0 radical (unpaired) electrons. The standard InChI is InChI=1S/C21H31NO5/c1-5-6-12-27-18-10-9-16(13-17(18)19(23)25-3)22-20(24)21(26-4)11-7-8-15(2)14-21/h9-10,13,15H,5-8,11-12,14H2,1-4H3,(H,22,24)/t15-,21-/m0/s1. The number of anilines is 1. The number of esters is 1. The number of rotatable bonds is 8. The van der Waals surface area contributed by atoms with Gasteiger partial charge in [0.05, 0.1) is 13.7 Å². The van der Waals surface area contributed by atoms with Gasteiger partial charge in [-0.15, -0.1) is 0 Å². The Balaban J connectivity index is 2.19. The molecule has 1 aliphatic rings. The van der Waals surface area contributed by atoms with Crippen LogP contribution in [0.4, 0.5) is 5.69 Å². The Hall–Kier alpha value is -2.08. The van der Waals surface area contributed by atoms with Gasteiger partial charge >= 0.3 is 5.97 Å². The lowest BCUT2D eigenvalue weighted by molar-refractivity contribution is -0.143. The Labute approximate surface area is 161 Å². The molecule has 1 N–H and O–H groups in total. The van der Waals surface area contributed by atoms with Crippen molar-refractivity contribution in [1.82, 2.24) is 0 Å². The highest BCUT2D eigenvalue weighted by molar-refractivity contribution is 5.99. The third kappa shape index (κ3) is 5.22. The van der Waals surface area contributed by atoms with Crippen LogP contribution in [-0.2, 0) is 14.3 Å². The molecule has 0 unspecified atom stereocenters. The second kappa shape index (κ2) is 9.74. The fourth-order valence-corrected chi connectivity index (χ4v) is 3.56. The summed E-state index contributed by atoms with van der Waals surface area (Å²) in [5.41, 5.74) is 0.00660. The Morgan fingerprint density at radius 1 is 1.30 bits per heavy atom. The van der Waals surface area contributed by atoms with Crippen molar-refractivity contribution < 1.29 is 23.8 Å². The number of carbonyl (C=O) groups excluding carboxylic acids is 2. The Kier molecular flexibility index (Phi) is 7.66. The van der Waals surface area contributed by atoms with Crippen LogP contribution in [0.2, 0.25) is 0 Å². The third-order valence-electron chi connectivity index (χ3n) is 5.16. The smallest absolute Gasteiger partial charge is 0.341 e. The summed E-state index contributed by atoms with van der Waals surface area (Å²) >= 11 is 0. The summed E-state index contributed by atoms with van der Waals surface area (Å²) in [6.07, 6.45) is 5.35. The summed E-state index contributed by atoms with van der Waals surface area (Å²) in [5.74, 6) is 0.225. The number of nitrogens with one attached hydrogen (secondary N) is 1. The van der Waals surface area contributed by atoms with E-state index in [1.54, 1.807) is 25.3 Å². The molecule has 2 rings (SSSR count). The molecular weight excluding hydrogens is 346 g/mol. The van der Waals surface area contributed by atoms with Crippen molar-refractivity contribution in [3.63, 3.8) is 0 Å². The van der Waals surface area contributed by atoms with Gasteiger partial charge in [0, 0.05) is 12.8 Å². The van der Waals surface area contributed by atoms with E-state index in [0.717, 1.165) is 25.7 Å². The Morgan fingerprint density at radius 3 is 2.70 bits per heavy atom. The number of hydrogen-bond acceptors (Lipinski definition) is 5. The van der Waals surface area contributed by atoms with Gasteiger partial charge in [-0.2, -0.15) is 0 Å². The second-order valence-corrected chi connectivity index (χ2v) is 7.26. The first-order chi connectivity index (χ1) is 13.0. The molecule has 150 valence electrons. The molecule has 27 heavy (non-hydrogen) atoms. The predicted octanol–water partition coefficient (Wildman–Crippen LogP) is 4.19. The minimum atomic E-state index is -0.820. The summed E-state index contributed by atoms with van der Waals surface area (Å²) in [5, 5.41) is 2.91. The van der Waals surface area contributed by atoms with Crippen molar-refractivity contribution in [2.24, 2.45) is 5.92 Å². The highest BCUT2D eigenvalue weighted by Gasteiger charge is 2.42. The van der Waals surface area contributed by atoms with Crippen molar-refractivity contribution in [3.05, 3.63) is 23.8 Å². The number of benzene rings is 1. The number of hydrogen-bond donors (Lipinski definition) is 1. The molecule has 6 nitrogen and oxygen atoms in total. The SMILES string of the molecule is CCCCOc1ccc(NC(=O)[C@]2(OC)CCC[C@H](C)C2)cc1C(=O)OC. The van der Waals surface area contributed by atoms with Crippen molar-refractivity contribution in [3.8, 4) is 5.75 Å². The summed E-state index contributed by atoms with van der Waals surface area (Å²) in [4.78, 5) is 25.1. The van der Waals surface area contributed by atoms with Crippen LogP contribution in [0, 0.1) is 5.92 Å². The molecule has 0 heterocycles. The minimum Gasteiger partial charge on any atom is -0.493 e. The van der Waals surface area contributed by atoms with E-state index >= 15 is 0 Å². The van der Waals surface area contributed by atoms with Gasteiger partial charge in [0.25, 0.3) is 5.91 Å². The van der Waals surface area contributed by atoms with E-state index in [0.29, 0.717) is 42.4 Å². The summed E-state index contributed by atoms with van der Waals surface area (Å²) < 4.78 is 16.2. The van der Waals surface area contributed by atoms with E-state index in [4.69, 9.17) is 14.2 Å². The van der Waals surface area contributed by atoms with Crippen molar-refractivity contribution in [2.45, 2.75) is 58.0 Å². The topological polar surface area (TPSA) is 73.9 Å². The molecular formula is C21H31NO5. The van der Waals surface area contributed by atoms with Crippen molar-refractivity contribution >= 4 is 17.6 Å². The Bertz CT molecular complexity index is 660. The molecule has 1 saturated carbocycles. The average Bonchev–Trinajstić information content (AvgIpc) is 2.68. The van der Waals surface area contributed by atoms with E-state index in [2.05, 4.69) is 19.2 Å². The normalized spacial score (nSPS) is 22.1. The largest absolute Gasteiger partial charge is 0.493 e. The number of amides is 1. The minimum absolute atomic E-state index is 0.174. The first-order valence-electron chi connectivity index (χ1n) is 9.67. The molecule has 1 aromatic rings. The van der Waals surface area contributed by atoms with Gasteiger partial charge in [0.15, 0.2) is 0 Å². The first-order valence-corrected chi connectivity index (χ1v) is 9.67. The van der Waals surface area contributed by atoms with Gasteiger partial charge in [-0.3, -0.25) is 4.79 Å². The number of carbonyl (C=O) groups is 2. The van der Waals surface area contributed by atoms with Crippen LogP contribution in [0.3, 0.4) is 0 Å². The molecule has 1 amide bonds. The fourth-order valence-electron chi connectivity index (χ4n) is 3.56. The molecule has 0 bridgehead atoms. The van der Waals surface area contributed by atoms with Crippen molar-refractivity contribution in [1.29, 1.82) is 0 Å². The molecule has 1 aromatic carbocycles. The summed E-state index contributed by atoms with van der Waals surface area (Å²) in [6.45, 7) is 4.73. The highest BCUT2D eigenvalue weighted by Crippen LogP contribution is 2.36. The van der Waals surface area contributed by atoms with E-state index in [1.165, 1.54) is 7.11 Å². The zero-order valence-electron chi connectivity index (χ0n) is 16.8. The molecule has 1 fully saturated rings. The molecule has 0 spiro atoms. The molecule has 6 heteroatoms. The van der Waals surface area contributed by atoms with Crippen LogP contribution in [0.15, 0.2) is 18.2 Å². The zero-order chi connectivity index (χ0) is 19.9. The molecule has 2 atom stereocenters. The second-order valence-electron chi connectivity index (χ2n) is 7.26. The van der Waals surface area contributed by atoms with Crippen LogP contribution in [0.1, 0.15) is 62.7 Å². The molecule has 0 aromatic heterocycles. The third-order valence-corrected chi connectivity index (χ3v) is 5.16. The van der Waals surface area contributed by atoms with E-state index in [9.17, 15) is 9.59 Å². The maximum Gasteiger partial charge on any atom is 0.341 e. The average molecular weight is 377 g/mol. The van der Waals surface area contributed by atoms with Crippen LogP contribution in [-0.4, -0.2) is 38.3 Å². The quantitative estimate of drug-likeness (QED) is 0.543.